The Morgan fingerprint density at radius 1 is 0.938 bits per heavy atom. The van der Waals surface area contributed by atoms with Gasteiger partial charge >= 0.3 is 5.97 Å². The normalized spacial score (nSPS) is 11.8. The fourth-order valence-electron chi connectivity index (χ4n) is 3.92. The molecule has 4 aromatic rings. The molecule has 0 amide bonds. The second-order valence-corrected chi connectivity index (χ2v) is 9.44. The van der Waals surface area contributed by atoms with Crippen molar-refractivity contribution in [1.29, 1.82) is 0 Å². The van der Waals surface area contributed by atoms with Gasteiger partial charge < -0.3 is 9.30 Å². The first kappa shape index (κ1) is 21.8. The van der Waals surface area contributed by atoms with Gasteiger partial charge in [-0.25, -0.2) is 9.78 Å². The maximum atomic E-state index is 12.7. The number of benzene rings is 3. The summed E-state index contributed by atoms with van der Waals surface area (Å²) in [6, 6.07) is 24.3. The summed E-state index contributed by atoms with van der Waals surface area (Å²) in [5.41, 5.74) is 5.29. The van der Waals surface area contributed by atoms with Crippen molar-refractivity contribution in [1.82, 2.24) is 9.55 Å². The van der Waals surface area contributed by atoms with Crippen molar-refractivity contribution in [3.8, 4) is 11.1 Å². The number of hydrogen-bond acceptors (Lipinski definition) is 3. The van der Waals surface area contributed by atoms with E-state index < -0.39 is 5.60 Å². The maximum Gasteiger partial charge on any atom is 0.339 e. The zero-order valence-corrected chi connectivity index (χ0v) is 19.4. The third-order valence-corrected chi connectivity index (χ3v) is 5.35. The Bertz CT molecular complexity index is 1240. The fourth-order valence-corrected chi connectivity index (χ4v) is 3.92. The molecule has 32 heavy (non-hydrogen) atoms. The molecule has 164 valence electrons. The molecule has 4 nitrogen and oxygen atoms in total. The van der Waals surface area contributed by atoms with Crippen molar-refractivity contribution in [2.24, 2.45) is 0 Å². The van der Waals surface area contributed by atoms with Gasteiger partial charge in [0, 0.05) is 12.5 Å². The van der Waals surface area contributed by atoms with Gasteiger partial charge in [-0.3, -0.25) is 0 Å². The van der Waals surface area contributed by atoms with Crippen LogP contribution in [0.5, 0.6) is 0 Å². The standard InChI is InChI=1S/C28H30N2O2/c1-19(2)26-29-24-12-8-9-13-25(24)30(26)18-20-14-16-21(17-15-20)22-10-6-7-11-23(22)27(31)32-28(3,4)5/h6-17,19H,18H2,1-5H3. The van der Waals surface area contributed by atoms with Crippen LogP contribution in [0, 0.1) is 0 Å². The summed E-state index contributed by atoms with van der Waals surface area (Å²) >= 11 is 0. The zero-order valence-electron chi connectivity index (χ0n) is 19.4. The summed E-state index contributed by atoms with van der Waals surface area (Å²) in [5.74, 6) is 1.12. The number of carbonyl (C=O) groups is 1. The van der Waals surface area contributed by atoms with Gasteiger partial charge in [-0.2, -0.15) is 0 Å². The summed E-state index contributed by atoms with van der Waals surface area (Å²) in [4.78, 5) is 17.6. The van der Waals surface area contributed by atoms with E-state index >= 15 is 0 Å². The van der Waals surface area contributed by atoms with Gasteiger partial charge in [-0.15, -0.1) is 0 Å². The van der Waals surface area contributed by atoms with Crippen molar-refractivity contribution in [3.05, 3.63) is 89.7 Å². The topological polar surface area (TPSA) is 44.1 Å². The summed E-state index contributed by atoms with van der Waals surface area (Å²) in [5, 5.41) is 0. The molecule has 0 radical (unpaired) electrons. The predicted octanol–water partition coefficient (Wildman–Crippen LogP) is 6.83. The number of imidazole rings is 1. The first-order valence-electron chi connectivity index (χ1n) is 11.1. The van der Waals surface area contributed by atoms with Crippen LogP contribution in [-0.2, 0) is 11.3 Å². The zero-order chi connectivity index (χ0) is 22.9. The quantitative estimate of drug-likeness (QED) is 0.329. The van der Waals surface area contributed by atoms with E-state index in [-0.39, 0.29) is 5.97 Å². The number of esters is 1. The molecule has 1 aromatic heterocycles. The minimum atomic E-state index is -0.532. The van der Waals surface area contributed by atoms with E-state index in [1.807, 2.05) is 51.1 Å². The van der Waals surface area contributed by atoms with E-state index in [0.29, 0.717) is 11.5 Å². The smallest absolute Gasteiger partial charge is 0.339 e. The fraction of sp³-hybridized carbons (Fsp3) is 0.286. The van der Waals surface area contributed by atoms with Crippen LogP contribution < -0.4 is 0 Å². The van der Waals surface area contributed by atoms with Crippen LogP contribution in [0.2, 0.25) is 0 Å². The summed E-state index contributed by atoms with van der Waals surface area (Å²) in [6.45, 7) is 10.7. The lowest BCUT2D eigenvalue weighted by atomic mass is 9.98. The molecule has 0 aliphatic rings. The molecule has 3 aromatic carbocycles. The molecule has 4 heteroatoms. The third-order valence-electron chi connectivity index (χ3n) is 5.35. The van der Waals surface area contributed by atoms with Crippen molar-refractivity contribution >= 4 is 17.0 Å². The van der Waals surface area contributed by atoms with Crippen LogP contribution in [0.1, 0.15) is 62.3 Å². The Kier molecular flexibility index (Phi) is 5.88. The highest BCUT2D eigenvalue weighted by Crippen LogP contribution is 2.27. The van der Waals surface area contributed by atoms with Gasteiger partial charge in [0.05, 0.1) is 16.6 Å². The number of hydrogen-bond donors (Lipinski definition) is 0. The molecule has 0 aliphatic carbocycles. The van der Waals surface area contributed by atoms with E-state index in [4.69, 9.17) is 9.72 Å². The molecule has 0 atom stereocenters. The van der Waals surface area contributed by atoms with Gasteiger partial charge in [0.1, 0.15) is 11.4 Å². The van der Waals surface area contributed by atoms with Crippen LogP contribution in [0.25, 0.3) is 22.2 Å². The number of aromatic nitrogens is 2. The highest BCUT2D eigenvalue weighted by molar-refractivity contribution is 5.97. The SMILES string of the molecule is CC(C)c1nc2ccccc2n1Cc1ccc(-c2ccccc2C(=O)OC(C)(C)C)cc1. The number of para-hydroxylation sites is 2. The molecule has 0 aliphatic heterocycles. The summed E-state index contributed by atoms with van der Waals surface area (Å²) in [7, 11) is 0. The molecule has 1 heterocycles. The van der Waals surface area contributed by atoms with Crippen molar-refractivity contribution in [2.45, 2.75) is 52.7 Å². The lowest BCUT2D eigenvalue weighted by molar-refractivity contribution is 0.00704. The molecule has 0 saturated carbocycles. The monoisotopic (exact) mass is 426 g/mol. The third kappa shape index (κ3) is 4.59. The first-order valence-corrected chi connectivity index (χ1v) is 11.1. The lowest BCUT2D eigenvalue weighted by Gasteiger charge is -2.20. The van der Waals surface area contributed by atoms with Crippen LogP contribution >= 0.6 is 0 Å². The number of carbonyl (C=O) groups excluding carboxylic acids is 1. The van der Waals surface area contributed by atoms with E-state index in [2.05, 4.69) is 60.9 Å². The van der Waals surface area contributed by atoms with Gasteiger partial charge in [-0.05, 0) is 55.7 Å². The summed E-state index contributed by atoms with van der Waals surface area (Å²) < 4.78 is 7.90. The highest BCUT2D eigenvalue weighted by Gasteiger charge is 2.20. The highest BCUT2D eigenvalue weighted by atomic mass is 16.6. The number of rotatable bonds is 5. The molecular weight excluding hydrogens is 396 g/mol. The molecule has 0 fully saturated rings. The van der Waals surface area contributed by atoms with Gasteiger partial charge in [0.15, 0.2) is 0 Å². The molecular formula is C28H30N2O2. The molecule has 0 bridgehead atoms. The molecule has 4 rings (SSSR count). The van der Waals surface area contributed by atoms with Crippen LogP contribution in [-0.4, -0.2) is 21.1 Å². The predicted molar refractivity (Wildman–Crippen MR) is 130 cm³/mol. The second-order valence-electron chi connectivity index (χ2n) is 9.44. The maximum absolute atomic E-state index is 12.7. The molecule has 0 spiro atoms. The van der Waals surface area contributed by atoms with Gasteiger partial charge in [0.25, 0.3) is 0 Å². The molecule has 0 saturated heterocycles. The molecule has 0 N–H and O–H groups in total. The largest absolute Gasteiger partial charge is 0.456 e. The van der Waals surface area contributed by atoms with Gasteiger partial charge in [0.2, 0.25) is 0 Å². The Balaban J connectivity index is 1.64. The van der Waals surface area contributed by atoms with E-state index in [0.717, 1.165) is 34.5 Å². The van der Waals surface area contributed by atoms with Crippen LogP contribution in [0.3, 0.4) is 0 Å². The lowest BCUT2D eigenvalue weighted by Crippen LogP contribution is -2.24. The number of nitrogens with zero attached hydrogens (tertiary/aromatic N) is 2. The van der Waals surface area contributed by atoms with E-state index in [9.17, 15) is 4.79 Å². The Hall–Kier alpha value is -3.40. The van der Waals surface area contributed by atoms with E-state index in [1.165, 1.54) is 5.56 Å². The second kappa shape index (κ2) is 8.62. The molecule has 0 unspecified atom stereocenters. The van der Waals surface area contributed by atoms with Gasteiger partial charge in [-0.1, -0.05) is 68.4 Å². The summed E-state index contributed by atoms with van der Waals surface area (Å²) in [6.07, 6.45) is 0. The minimum Gasteiger partial charge on any atom is -0.456 e. The number of fused-ring (bicyclic) bond motifs is 1. The van der Waals surface area contributed by atoms with Crippen LogP contribution in [0.15, 0.2) is 72.8 Å². The van der Waals surface area contributed by atoms with E-state index in [1.54, 1.807) is 0 Å². The average Bonchev–Trinajstić information content (AvgIpc) is 3.12. The first-order chi connectivity index (χ1) is 15.2. The Morgan fingerprint density at radius 2 is 1.59 bits per heavy atom. The number of ether oxygens (including phenoxy) is 1. The minimum absolute atomic E-state index is 0.302. The Morgan fingerprint density at radius 3 is 2.28 bits per heavy atom. The average molecular weight is 427 g/mol. The Labute approximate surface area is 189 Å². The van der Waals surface area contributed by atoms with Crippen molar-refractivity contribution in [2.75, 3.05) is 0 Å². The van der Waals surface area contributed by atoms with Crippen molar-refractivity contribution in [3.63, 3.8) is 0 Å². The van der Waals surface area contributed by atoms with Crippen molar-refractivity contribution < 1.29 is 9.53 Å². The van der Waals surface area contributed by atoms with Crippen LogP contribution in [0.4, 0.5) is 0 Å².